The third-order valence-corrected chi connectivity index (χ3v) is 2.75. The van der Waals surface area contributed by atoms with E-state index in [-0.39, 0.29) is 0 Å². The lowest BCUT2D eigenvalue weighted by atomic mass is 10.1. The smallest absolute Gasteiger partial charge is 0.0512 e. The van der Waals surface area contributed by atoms with Crippen molar-refractivity contribution in [1.29, 1.82) is 0 Å². The van der Waals surface area contributed by atoms with E-state index in [1.807, 2.05) is 13.0 Å². The second-order valence-corrected chi connectivity index (χ2v) is 3.82. The predicted octanol–water partition coefficient (Wildman–Crippen LogP) is 3.85. The van der Waals surface area contributed by atoms with Gasteiger partial charge in [0.25, 0.3) is 0 Å². The van der Waals surface area contributed by atoms with Crippen molar-refractivity contribution in [2.24, 2.45) is 7.05 Å². The second-order valence-electron chi connectivity index (χ2n) is 3.82. The SMILES string of the molecule is C=Cc1c(C(=C)C)n(C)c2ccccc12. The highest BCUT2D eigenvalue weighted by molar-refractivity contribution is 5.95. The number of rotatable bonds is 2. The van der Waals surface area contributed by atoms with Gasteiger partial charge in [0.2, 0.25) is 0 Å². The summed E-state index contributed by atoms with van der Waals surface area (Å²) in [5.41, 5.74) is 4.65. The Kier molecular flexibility index (Phi) is 2.24. The molecule has 1 nitrogen and oxygen atoms in total. The van der Waals surface area contributed by atoms with E-state index < -0.39 is 0 Å². The standard InChI is InChI=1S/C14H15N/c1-5-11-12-8-6-7-9-13(12)15(4)14(11)10(2)3/h5-9H,1-2H2,3-4H3. The fourth-order valence-electron chi connectivity index (χ4n) is 2.15. The van der Waals surface area contributed by atoms with Crippen LogP contribution in [0.3, 0.4) is 0 Å². The summed E-state index contributed by atoms with van der Waals surface area (Å²) in [5, 5.41) is 1.24. The van der Waals surface area contributed by atoms with Crippen LogP contribution in [-0.2, 0) is 7.05 Å². The van der Waals surface area contributed by atoms with Crippen LogP contribution in [0.2, 0.25) is 0 Å². The molecule has 76 valence electrons. The molecular weight excluding hydrogens is 182 g/mol. The maximum Gasteiger partial charge on any atom is 0.0512 e. The molecule has 1 heteroatoms. The summed E-state index contributed by atoms with van der Waals surface area (Å²) in [6, 6.07) is 8.35. The molecule has 0 N–H and O–H groups in total. The highest BCUT2D eigenvalue weighted by Crippen LogP contribution is 2.29. The lowest BCUT2D eigenvalue weighted by Crippen LogP contribution is -1.93. The Morgan fingerprint density at radius 1 is 1.33 bits per heavy atom. The van der Waals surface area contributed by atoms with E-state index in [1.165, 1.54) is 22.2 Å². The van der Waals surface area contributed by atoms with Gasteiger partial charge in [0, 0.05) is 23.5 Å². The molecule has 0 saturated carbocycles. The van der Waals surface area contributed by atoms with Crippen molar-refractivity contribution >= 4 is 22.6 Å². The van der Waals surface area contributed by atoms with E-state index in [0.29, 0.717) is 0 Å². The van der Waals surface area contributed by atoms with Crippen LogP contribution in [-0.4, -0.2) is 4.57 Å². The molecule has 0 bridgehead atoms. The Hall–Kier alpha value is -1.76. The van der Waals surface area contributed by atoms with Crippen molar-refractivity contribution in [2.45, 2.75) is 6.92 Å². The molecule has 0 saturated heterocycles. The maximum absolute atomic E-state index is 4.02. The van der Waals surface area contributed by atoms with Crippen molar-refractivity contribution in [1.82, 2.24) is 4.57 Å². The first-order chi connectivity index (χ1) is 7.16. The number of fused-ring (bicyclic) bond motifs is 1. The zero-order chi connectivity index (χ0) is 11.0. The summed E-state index contributed by atoms with van der Waals surface area (Å²) in [6.45, 7) is 9.93. The van der Waals surface area contributed by atoms with Gasteiger partial charge in [0.15, 0.2) is 0 Å². The van der Waals surface area contributed by atoms with Gasteiger partial charge in [-0.25, -0.2) is 0 Å². The summed E-state index contributed by atoms with van der Waals surface area (Å²) in [5.74, 6) is 0. The van der Waals surface area contributed by atoms with Gasteiger partial charge in [-0.05, 0) is 18.6 Å². The Morgan fingerprint density at radius 3 is 2.60 bits per heavy atom. The average Bonchev–Trinajstić information content (AvgIpc) is 2.52. The van der Waals surface area contributed by atoms with Gasteiger partial charge >= 0.3 is 0 Å². The lowest BCUT2D eigenvalue weighted by Gasteiger charge is -2.04. The Bertz CT molecular complexity index is 544. The van der Waals surface area contributed by atoms with Gasteiger partial charge in [0.05, 0.1) is 5.69 Å². The number of aryl methyl sites for hydroxylation is 1. The lowest BCUT2D eigenvalue weighted by molar-refractivity contribution is 0.945. The summed E-state index contributed by atoms with van der Waals surface area (Å²) in [7, 11) is 2.07. The first-order valence-corrected chi connectivity index (χ1v) is 5.02. The van der Waals surface area contributed by atoms with Crippen LogP contribution in [0.25, 0.3) is 22.6 Å². The Morgan fingerprint density at radius 2 is 2.00 bits per heavy atom. The number of aromatic nitrogens is 1. The van der Waals surface area contributed by atoms with Crippen molar-refractivity contribution < 1.29 is 0 Å². The number of para-hydroxylation sites is 1. The molecule has 1 aromatic carbocycles. The second kappa shape index (κ2) is 3.43. The average molecular weight is 197 g/mol. The Balaban J connectivity index is 2.96. The van der Waals surface area contributed by atoms with Gasteiger partial charge < -0.3 is 4.57 Å². The summed E-state index contributed by atoms with van der Waals surface area (Å²) >= 11 is 0. The molecule has 0 amide bonds. The molecule has 0 aliphatic rings. The molecule has 2 aromatic rings. The highest BCUT2D eigenvalue weighted by atomic mass is 14.9. The summed E-state index contributed by atoms with van der Waals surface area (Å²) in [4.78, 5) is 0. The van der Waals surface area contributed by atoms with Crippen LogP contribution in [0, 0.1) is 0 Å². The molecule has 2 rings (SSSR count). The number of allylic oxidation sites excluding steroid dienone is 1. The molecule has 0 aliphatic carbocycles. The zero-order valence-corrected chi connectivity index (χ0v) is 9.25. The highest BCUT2D eigenvalue weighted by Gasteiger charge is 2.11. The first kappa shape index (κ1) is 9.78. The number of nitrogens with zero attached hydrogens (tertiary/aromatic N) is 1. The van der Waals surface area contributed by atoms with Crippen molar-refractivity contribution in [2.75, 3.05) is 0 Å². The molecule has 0 spiro atoms. The maximum atomic E-state index is 4.02. The number of hydrogen-bond acceptors (Lipinski definition) is 0. The van der Waals surface area contributed by atoms with E-state index in [4.69, 9.17) is 0 Å². The van der Waals surface area contributed by atoms with Crippen LogP contribution in [0.4, 0.5) is 0 Å². The molecule has 0 fully saturated rings. The first-order valence-electron chi connectivity index (χ1n) is 5.02. The van der Waals surface area contributed by atoms with E-state index in [0.717, 1.165) is 5.57 Å². The molecule has 0 atom stereocenters. The fraction of sp³-hybridized carbons (Fsp3) is 0.143. The minimum atomic E-state index is 1.07. The fourth-order valence-corrected chi connectivity index (χ4v) is 2.15. The van der Waals surface area contributed by atoms with Crippen LogP contribution in [0.15, 0.2) is 37.4 Å². The number of benzene rings is 1. The van der Waals surface area contributed by atoms with Crippen LogP contribution in [0.5, 0.6) is 0 Å². The van der Waals surface area contributed by atoms with Gasteiger partial charge in [-0.1, -0.05) is 37.4 Å². The predicted molar refractivity (Wildman–Crippen MR) is 67.7 cm³/mol. The molecular formula is C14H15N. The minimum Gasteiger partial charge on any atom is -0.343 e. The number of hydrogen-bond donors (Lipinski definition) is 0. The molecule has 0 aliphatic heterocycles. The normalized spacial score (nSPS) is 10.5. The van der Waals surface area contributed by atoms with Crippen molar-refractivity contribution in [3.8, 4) is 0 Å². The third kappa shape index (κ3) is 1.32. The van der Waals surface area contributed by atoms with Gasteiger partial charge in [-0.2, -0.15) is 0 Å². The zero-order valence-electron chi connectivity index (χ0n) is 9.25. The van der Waals surface area contributed by atoms with Gasteiger partial charge in [-0.15, -0.1) is 0 Å². The van der Waals surface area contributed by atoms with E-state index in [1.54, 1.807) is 0 Å². The molecule has 1 heterocycles. The largest absolute Gasteiger partial charge is 0.343 e. The van der Waals surface area contributed by atoms with Gasteiger partial charge in [0.1, 0.15) is 0 Å². The monoisotopic (exact) mass is 197 g/mol. The van der Waals surface area contributed by atoms with Crippen LogP contribution in [0.1, 0.15) is 18.2 Å². The van der Waals surface area contributed by atoms with Crippen LogP contribution < -0.4 is 0 Å². The third-order valence-electron chi connectivity index (χ3n) is 2.75. The van der Waals surface area contributed by atoms with Gasteiger partial charge in [-0.3, -0.25) is 0 Å². The van der Waals surface area contributed by atoms with E-state index >= 15 is 0 Å². The molecule has 0 radical (unpaired) electrons. The van der Waals surface area contributed by atoms with Crippen molar-refractivity contribution in [3.63, 3.8) is 0 Å². The van der Waals surface area contributed by atoms with Crippen LogP contribution >= 0.6 is 0 Å². The van der Waals surface area contributed by atoms with E-state index in [9.17, 15) is 0 Å². The molecule has 0 unspecified atom stereocenters. The quantitative estimate of drug-likeness (QED) is 0.689. The molecule has 15 heavy (non-hydrogen) atoms. The van der Waals surface area contributed by atoms with E-state index in [2.05, 4.69) is 49.0 Å². The summed E-state index contributed by atoms with van der Waals surface area (Å²) < 4.78 is 2.18. The molecule has 1 aromatic heterocycles. The summed E-state index contributed by atoms with van der Waals surface area (Å²) in [6.07, 6.45) is 1.91. The Labute approximate surface area is 90.3 Å². The minimum absolute atomic E-state index is 1.07. The van der Waals surface area contributed by atoms with Crippen molar-refractivity contribution in [3.05, 3.63) is 48.7 Å². The topological polar surface area (TPSA) is 4.93 Å².